The van der Waals surface area contributed by atoms with Crippen molar-refractivity contribution in [3.05, 3.63) is 130 Å². The van der Waals surface area contributed by atoms with E-state index >= 15 is 0 Å². The highest BCUT2D eigenvalue weighted by atomic mass is 35.5. The third kappa shape index (κ3) is 9.19. The molecular formula is C36H40ClN3O4S. The van der Waals surface area contributed by atoms with Gasteiger partial charge in [-0.2, -0.15) is 0 Å². The molecule has 0 aliphatic carbocycles. The van der Waals surface area contributed by atoms with Crippen molar-refractivity contribution in [2.45, 2.75) is 64.1 Å². The first-order valence-corrected chi connectivity index (χ1v) is 16.6. The minimum atomic E-state index is -4.16. The minimum Gasteiger partial charge on any atom is -0.350 e. The van der Waals surface area contributed by atoms with Crippen LogP contribution in [0, 0.1) is 13.8 Å². The summed E-state index contributed by atoms with van der Waals surface area (Å²) in [6, 6.07) is 29.1. The van der Waals surface area contributed by atoms with Gasteiger partial charge in [-0.05, 0) is 93.3 Å². The topological polar surface area (TPSA) is 86.8 Å². The van der Waals surface area contributed by atoms with Gasteiger partial charge in [0.2, 0.25) is 11.8 Å². The average molecular weight is 646 g/mol. The van der Waals surface area contributed by atoms with Crippen LogP contribution in [0.5, 0.6) is 0 Å². The molecule has 236 valence electrons. The van der Waals surface area contributed by atoms with Gasteiger partial charge in [-0.15, -0.1) is 0 Å². The molecule has 0 radical (unpaired) electrons. The van der Waals surface area contributed by atoms with Gasteiger partial charge in [-0.1, -0.05) is 78.3 Å². The van der Waals surface area contributed by atoms with E-state index < -0.39 is 34.1 Å². The molecule has 45 heavy (non-hydrogen) atoms. The number of carbonyl (C=O) groups is 2. The molecule has 2 amide bonds. The van der Waals surface area contributed by atoms with Crippen LogP contribution in [0.3, 0.4) is 0 Å². The van der Waals surface area contributed by atoms with Gasteiger partial charge in [0.25, 0.3) is 10.0 Å². The van der Waals surface area contributed by atoms with Crippen molar-refractivity contribution in [1.29, 1.82) is 0 Å². The lowest BCUT2D eigenvalue weighted by Crippen LogP contribution is -2.56. The highest BCUT2D eigenvalue weighted by Crippen LogP contribution is 2.27. The Morgan fingerprint density at radius 3 is 1.91 bits per heavy atom. The molecule has 0 bridgehead atoms. The number of benzene rings is 4. The largest absolute Gasteiger partial charge is 0.350 e. The third-order valence-electron chi connectivity index (χ3n) is 7.14. The summed E-state index contributed by atoms with van der Waals surface area (Å²) in [5.74, 6) is -0.855. The molecule has 0 aliphatic rings. The van der Waals surface area contributed by atoms with E-state index in [-0.39, 0.29) is 23.8 Å². The van der Waals surface area contributed by atoms with Gasteiger partial charge in [0.1, 0.15) is 12.6 Å². The SMILES string of the molecule is Cc1cc(C)cc(N(CC(=O)N(Cc2ccc(Cl)cc2)[C@H](Cc2ccccc2)C(=O)NC(C)(C)C)S(=O)(=O)c2ccccc2)c1. The van der Waals surface area contributed by atoms with E-state index in [2.05, 4.69) is 5.32 Å². The normalized spacial score (nSPS) is 12.3. The van der Waals surface area contributed by atoms with E-state index in [1.54, 1.807) is 54.6 Å². The molecule has 0 saturated heterocycles. The average Bonchev–Trinajstić information content (AvgIpc) is 2.98. The highest BCUT2D eigenvalue weighted by molar-refractivity contribution is 7.92. The number of nitrogens with zero attached hydrogens (tertiary/aromatic N) is 2. The van der Waals surface area contributed by atoms with Crippen molar-refractivity contribution in [1.82, 2.24) is 10.2 Å². The van der Waals surface area contributed by atoms with Crippen LogP contribution in [-0.4, -0.2) is 43.3 Å². The molecule has 4 aromatic rings. The Labute approximate surface area is 271 Å². The van der Waals surface area contributed by atoms with Crippen molar-refractivity contribution in [3.8, 4) is 0 Å². The fraction of sp³-hybridized carbons (Fsp3) is 0.278. The van der Waals surface area contributed by atoms with Crippen molar-refractivity contribution < 1.29 is 18.0 Å². The Kier molecular flexibility index (Phi) is 10.7. The lowest BCUT2D eigenvalue weighted by molar-refractivity contribution is -0.140. The first kappa shape index (κ1) is 33.7. The fourth-order valence-corrected chi connectivity index (χ4v) is 6.68. The summed E-state index contributed by atoms with van der Waals surface area (Å²) in [5.41, 5.74) is 3.13. The summed E-state index contributed by atoms with van der Waals surface area (Å²) in [5, 5.41) is 3.58. The maximum atomic E-state index is 14.6. The Morgan fingerprint density at radius 1 is 0.800 bits per heavy atom. The molecule has 0 saturated carbocycles. The van der Waals surface area contributed by atoms with E-state index in [1.165, 1.54) is 17.0 Å². The molecule has 1 atom stereocenters. The quantitative estimate of drug-likeness (QED) is 0.197. The number of hydrogen-bond donors (Lipinski definition) is 1. The molecule has 1 N–H and O–H groups in total. The second-order valence-electron chi connectivity index (χ2n) is 12.3. The standard InChI is InChI=1S/C36H40ClN3O4S/c1-26-20-27(2)22-31(21-26)40(45(43,44)32-14-10-7-11-15-32)25-34(41)39(24-29-16-18-30(37)19-17-29)33(35(42)38-36(3,4)5)23-28-12-8-6-9-13-28/h6-22,33H,23-25H2,1-5H3,(H,38,42)/t33-/m1/s1. The van der Waals surface area contributed by atoms with Crippen LogP contribution in [0.2, 0.25) is 5.02 Å². The summed E-state index contributed by atoms with van der Waals surface area (Å²) in [6.45, 7) is 8.95. The molecule has 0 unspecified atom stereocenters. The van der Waals surface area contributed by atoms with Gasteiger partial charge in [0.05, 0.1) is 10.6 Å². The molecule has 4 rings (SSSR count). The van der Waals surface area contributed by atoms with E-state index in [9.17, 15) is 18.0 Å². The van der Waals surface area contributed by atoms with E-state index in [4.69, 9.17) is 11.6 Å². The van der Waals surface area contributed by atoms with Gasteiger partial charge in [-0.25, -0.2) is 8.42 Å². The Hall–Kier alpha value is -4.14. The first-order chi connectivity index (χ1) is 21.2. The molecule has 4 aromatic carbocycles. The maximum Gasteiger partial charge on any atom is 0.264 e. The van der Waals surface area contributed by atoms with Crippen LogP contribution in [0.4, 0.5) is 5.69 Å². The van der Waals surface area contributed by atoms with Crippen molar-refractivity contribution in [2.75, 3.05) is 10.8 Å². The van der Waals surface area contributed by atoms with Crippen LogP contribution in [0.1, 0.15) is 43.0 Å². The van der Waals surface area contributed by atoms with Crippen LogP contribution < -0.4 is 9.62 Å². The smallest absolute Gasteiger partial charge is 0.264 e. The molecule has 0 aromatic heterocycles. The zero-order valence-corrected chi connectivity index (χ0v) is 27.9. The van der Waals surface area contributed by atoms with Gasteiger partial charge >= 0.3 is 0 Å². The van der Waals surface area contributed by atoms with Crippen molar-refractivity contribution in [2.24, 2.45) is 0 Å². The Bertz CT molecular complexity index is 1700. The molecule has 9 heteroatoms. The third-order valence-corrected chi connectivity index (χ3v) is 9.18. The minimum absolute atomic E-state index is 0.0625. The first-order valence-electron chi connectivity index (χ1n) is 14.8. The van der Waals surface area contributed by atoms with Crippen LogP contribution in [0.25, 0.3) is 0 Å². The van der Waals surface area contributed by atoms with Crippen LogP contribution in [-0.2, 0) is 32.6 Å². The second kappa shape index (κ2) is 14.3. The second-order valence-corrected chi connectivity index (χ2v) is 14.6. The number of aryl methyl sites for hydroxylation is 2. The number of halogens is 1. The van der Waals surface area contributed by atoms with E-state index in [1.807, 2.05) is 71.0 Å². The zero-order chi connectivity index (χ0) is 32.8. The lowest BCUT2D eigenvalue weighted by atomic mass is 10.0. The predicted molar refractivity (Wildman–Crippen MR) is 181 cm³/mol. The predicted octanol–water partition coefficient (Wildman–Crippen LogP) is 6.71. The maximum absolute atomic E-state index is 14.6. The summed E-state index contributed by atoms with van der Waals surface area (Å²) in [7, 11) is -4.16. The van der Waals surface area contributed by atoms with Gasteiger partial charge in [-0.3, -0.25) is 13.9 Å². The number of rotatable bonds is 11. The number of amides is 2. The molecule has 7 nitrogen and oxygen atoms in total. The summed E-state index contributed by atoms with van der Waals surface area (Å²) in [6.07, 6.45) is 0.233. The number of nitrogens with one attached hydrogen (secondary N) is 1. The summed E-state index contributed by atoms with van der Waals surface area (Å²) < 4.78 is 29.4. The molecular weight excluding hydrogens is 606 g/mol. The number of anilines is 1. The van der Waals surface area contributed by atoms with Gasteiger partial charge in [0.15, 0.2) is 0 Å². The van der Waals surface area contributed by atoms with Gasteiger partial charge < -0.3 is 10.2 Å². The Balaban J connectivity index is 1.83. The van der Waals surface area contributed by atoms with Crippen LogP contribution in [0.15, 0.2) is 108 Å². The monoisotopic (exact) mass is 645 g/mol. The van der Waals surface area contributed by atoms with Crippen molar-refractivity contribution in [3.63, 3.8) is 0 Å². The number of carbonyl (C=O) groups excluding carboxylic acids is 2. The summed E-state index contributed by atoms with van der Waals surface area (Å²) >= 11 is 6.16. The fourth-order valence-electron chi connectivity index (χ4n) is 5.14. The molecule has 0 spiro atoms. The highest BCUT2D eigenvalue weighted by Gasteiger charge is 2.35. The van der Waals surface area contributed by atoms with E-state index in [0.717, 1.165) is 26.6 Å². The Morgan fingerprint density at radius 2 is 1.36 bits per heavy atom. The molecule has 0 heterocycles. The van der Waals surface area contributed by atoms with Crippen LogP contribution >= 0.6 is 11.6 Å². The number of sulfonamides is 1. The van der Waals surface area contributed by atoms with E-state index in [0.29, 0.717) is 10.7 Å². The molecule has 0 fully saturated rings. The zero-order valence-electron chi connectivity index (χ0n) is 26.3. The van der Waals surface area contributed by atoms with Gasteiger partial charge in [0, 0.05) is 23.5 Å². The lowest BCUT2D eigenvalue weighted by Gasteiger charge is -2.35. The molecule has 0 aliphatic heterocycles. The summed E-state index contributed by atoms with van der Waals surface area (Å²) in [4.78, 5) is 30.1. The van der Waals surface area contributed by atoms with Crippen molar-refractivity contribution >= 4 is 39.1 Å². The number of hydrogen-bond acceptors (Lipinski definition) is 4.